The molecular formula is C11H15ClN2S. The lowest BCUT2D eigenvalue weighted by atomic mass is 10.2. The van der Waals surface area contributed by atoms with Crippen LogP contribution in [0.15, 0.2) is 18.3 Å². The number of nitrogens with one attached hydrogen (secondary N) is 1. The van der Waals surface area contributed by atoms with Gasteiger partial charge in [0.2, 0.25) is 0 Å². The number of halogens is 1. The number of pyridine rings is 1. The van der Waals surface area contributed by atoms with Gasteiger partial charge in [0.25, 0.3) is 0 Å². The van der Waals surface area contributed by atoms with E-state index in [0.29, 0.717) is 5.15 Å². The maximum absolute atomic E-state index is 5.72. The van der Waals surface area contributed by atoms with Gasteiger partial charge < -0.3 is 5.32 Å². The standard InChI is InChI=1S/C11H15ClN2S/c12-11-2-1-9(6-14-11)7-15-8-10-3-4-13-5-10/h1-2,6,10,13H,3-5,7-8H2. The molecule has 1 N–H and O–H groups in total. The smallest absolute Gasteiger partial charge is 0.129 e. The molecule has 82 valence electrons. The summed E-state index contributed by atoms with van der Waals surface area (Å²) in [5, 5.41) is 3.96. The van der Waals surface area contributed by atoms with E-state index in [9.17, 15) is 0 Å². The van der Waals surface area contributed by atoms with Crippen LogP contribution < -0.4 is 5.32 Å². The predicted molar refractivity (Wildman–Crippen MR) is 66.4 cm³/mol. The Morgan fingerprint density at radius 2 is 2.47 bits per heavy atom. The molecule has 1 aromatic heterocycles. The maximum atomic E-state index is 5.72. The van der Waals surface area contributed by atoms with Gasteiger partial charge >= 0.3 is 0 Å². The molecule has 1 unspecified atom stereocenters. The molecule has 0 aromatic carbocycles. The van der Waals surface area contributed by atoms with Gasteiger partial charge in [0, 0.05) is 11.9 Å². The summed E-state index contributed by atoms with van der Waals surface area (Å²) in [6.45, 7) is 2.37. The highest BCUT2D eigenvalue weighted by Crippen LogP contribution is 2.19. The highest BCUT2D eigenvalue weighted by atomic mass is 35.5. The zero-order valence-electron chi connectivity index (χ0n) is 8.58. The minimum atomic E-state index is 0.573. The molecule has 2 heterocycles. The molecule has 4 heteroatoms. The fourth-order valence-corrected chi connectivity index (χ4v) is 2.95. The normalized spacial score (nSPS) is 20.7. The van der Waals surface area contributed by atoms with Crippen molar-refractivity contribution < 1.29 is 0 Å². The van der Waals surface area contributed by atoms with E-state index in [2.05, 4.69) is 16.4 Å². The van der Waals surface area contributed by atoms with Gasteiger partial charge in [0.05, 0.1) is 0 Å². The van der Waals surface area contributed by atoms with Gasteiger partial charge in [-0.25, -0.2) is 4.98 Å². The second-order valence-corrected chi connectivity index (χ2v) is 5.28. The van der Waals surface area contributed by atoms with Crippen molar-refractivity contribution in [3.63, 3.8) is 0 Å². The van der Waals surface area contributed by atoms with Crippen LogP contribution in [0.5, 0.6) is 0 Å². The van der Waals surface area contributed by atoms with E-state index in [4.69, 9.17) is 11.6 Å². The van der Waals surface area contributed by atoms with Gasteiger partial charge in [-0.05, 0) is 42.8 Å². The van der Waals surface area contributed by atoms with E-state index in [1.54, 1.807) is 0 Å². The molecule has 0 bridgehead atoms. The van der Waals surface area contributed by atoms with Gasteiger partial charge in [0.15, 0.2) is 0 Å². The van der Waals surface area contributed by atoms with E-state index in [-0.39, 0.29) is 0 Å². The average molecular weight is 243 g/mol. The Kier molecular flexibility index (Phi) is 4.29. The largest absolute Gasteiger partial charge is 0.316 e. The Hall–Kier alpha value is -0.250. The zero-order chi connectivity index (χ0) is 10.5. The monoisotopic (exact) mass is 242 g/mol. The first-order valence-electron chi connectivity index (χ1n) is 5.23. The second-order valence-electron chi connectivity index (χ2n) is 3.86. The van der Waals surface area contributed by atoms with Crippen LogP contribution >= 0.6 is 23.4 Å². The summed E-state index contributed by atoms with van der Waals surface area (Å²) in [5.41, 5.74) is 1.26. The van der Waals surface area contributed by atoms with Gasteiger partial charge in [-0.3, -0.25) is 0 Å². The third kappa shape index (κ3) is 3.67. The number of hydrogen-bond acceptors (Lipinski definition) is 3. The van der Waals surface area contributed by atoms with E-state index >= 15 is 0 Å². The molecule has 0 saturated carbocycles. The molecule has 2 nitrogen and oxygen atoms in total. The number of nitrogens with zero attached hydrogens (tertiary/aromatic N) is 1. The summed E-state index contributed by atoms with van der Waals surface area (Å²) in [4.78, 5) is 4.07. The first kappa shape index (κ1) is 11.2. The first-order chi connectivity index (χ1) is 7.34. The van der Waals surface area contributed by atoms with Crippen molar-refractivity contribution in [1.29, 1.82) is 0 Å². The Labute approximate surface area is 99.8 Å². The second kappa shape index (κ2) is 5.73. The predicted octanol–water partition coefficient (Wildman–Crippen LogP) is 2.58. The number of rotatable bonds is 4. The first-order valence-corrected chi connectivity index (χ1v) is 6.77. The average Bonchev–Trinajstić information content (AvgIpc) is 2.74. The van der Waals surface area contributed by atoms with Crippen LogP contribution in [0.25, 0.3) is 0 Å². The zero-order valence-corrected chi connectivity index (χ0v) is 10.2. The van der Waals surface area contributed by atoms with Crippen LogP contribution in [0.2, 0.25) is 5.15 Å². The van der Waals surface area contributed by atoms with Crippen LogP contribution in [0.1, 0.15) is 12.0 Å². The molecule has 0 amide bonds. The van der Waals surface area contributed by atoms with Crippen LogP contribution in [0.4, 0.5) is 0 Å². The van der Waals surface area contributed by atoms with Crippen LogP contribution in [-0.4, -0.2) is 23.8 Å². The summed E-state index contributed by atoms with van der Waals surface area (Å²) in [7, 11) is 0. The summed E-state index contributed by atoms with van der Waals surface area (Å²) in [5.74, 6) is 3.14. The van der Waals surface area contributed by atoms with Crippen molar-refractivity contribution in [1.82, 2.24) is 10.3 Å². The summed E-state index contributed by atoms with van der Waals surface area (Å²) in [6, 6.07) is 3.91. The lowest BCUT2D eigenvalue weighted by Gasteiger charge is -2.07. The molecule has 1 aliphatic rings. The van der Waals surface area contributed by atoms with E-state index in [1.807, 2.05) is 24.0 Å². The number of hydrogen-bond donors (Lipinski definition) is 1. The third-order valence-corrected chi connectivity index (χ3v) is 4.04. The molecule has 1 atom stereocenters. The Bertz CT molecular complexity index is 296. The van der Waals surface area contributed by atoms with Crippen LogP contribution in [0.3, 0.4) is 0 Å². The van der Waals surface area contributed by atoms with Crippen LogP contribution in [0, 0.1) is 5.92 Å². The molecule has 1 aliphatic heterocycles. The lowest BCUT2D eigenvalue weighted by molar-refractivity contribution is 0.662. The SMILES string of the molecule is Clc1ccc(CSCC2CCNC2)cn1. The highest BCUT2D eigenvalue weighted by Gasteiger charge is 2.13. The molecule has 2 rings (SSSR count). The van der Waals surface area contributed by atoms with Crippen molar-refractivity contribution in [2.45, 2.75) is 12.2 Å². The van der Waals surface area contributed by atoms with Gasteiger partial charge in [0.1, 0.15) is 5.15 Å². The number of thioether (sulfide) groups is 1. The van der Waals surface area contributed by atoms with Crippen molar-refractivity contribution in [2.24, 2.45) is 5.92 Å². The molecule has 0 radical (unpaired) electrons. The van der Waals surface area contributed by atoms with Gasteiger partial charge in [-0.15, -0.1) is 0 Å². The summed E-state index contributed by atoms with van der Waals surface area (Å²) in [6.07, 6.45) is 3.19. The molecule has 15 heavy (non-hydrogen) atoms. The quantitative estimate of drug-likeness (QED) is 0.822. The van der Waals surface area contributed by atoms with Gasteiger partial charge in [-0.2, -0.15) is 11.8 Å². The van der Waals surface area contributed by atoms with Crippen molar-refractivity contribution in [3.05, 3.63) is 29.0 Å². The molecular weight excluding hydrogens is 228 g/mol. The van der Waals surface area contributed by atoms with Crippen molar-refractivity contribution in [2.75, 3.05) is 18.8 Å². The van der Waals surface area contributed by atoms with Crippen LogP contribution in [-0.2, 0) is 5.75 Å². The van der Waals surface area contributed by atoms with E-state index in [1.165, 1.54) is 30.8 Å². The highest BCUT2D eigenvalue weighted by molar-refractivity contribution is 7.98. The fourth-order valence-electron chi connectivity index (χ4n) is 1.69. The van der Waals surface area contributed by atoms with Crippen molar-refractivity contribution in [3.8, 4) is 0 Å². The minimum absolute atomic E-state index is 0.573. The Morgan fingerprint density at radius 3 is 3.13 bits per heavy atom. The Balaban J connectivity index is 1.71. The molecule has 0 aliphatic carbocycles. The molecule has 0 spiro atoms. The topological polar surface area (TPSA) is 24.9 Å². The molecule has 1 fully saturated rings. The van der Waals surface area contributed by atoms with E-state index in [0.717, 1.165) is 11.7 Å². The third-order valence-electron chi connectivity index (χ3n) is 2.57. The fraction of sp³-hybridized carbons (Fsp3) is 0.545. The van der Waals surface area contributed by atoms with E-state index < -0.39 is 0 Å². The number of aromatic nitrogens is 1. The minimum Gasteiger partial charge on any atom is -0.316 e. The lowest BCUT2D eigenvalue weighted by Crippen LogP contribution is -2.10. The van der Waals surface area contributed by atoms with Crippen molar-refractivity contribution >= 4 is 23.4 Å². The van der Waals surface area contributed by atoms with Gasteiger partial charge in [-0.1, -0.05) is 17.7 Å². The maximum Gasteiger partial charge on any atom is 0.129 e. The summed E-state index contributed by atoms with van der Waals surface area (Å²) < 4.78 is 0. The Morgan fingerprint density at radius 1 is 1.53 bits per heavy atom. The summed E-state index contributed by atoms with van der Waals surface area (Å²) >= 11 is 7.71. The molecule has 1 saturated heterocycles. The molecule has 1 aromatic rings.